The highest BCUT2D eigenvalue weighted by Gasteiger charge is 2.25. The molecule has 2 nitrogen and oxygen atoms in total. The summed E-state index contributed by atoms with van der Waals surface area (Å²) in [4.78, 5) is 0. The molecule has 0 bridgehead atoms. The quantitative estimate of drug-likeness (QED) is 0.705. The van der Waals surface area contributed by atoms with Gasteiger partial charge in [0.2, 0.25) is 0 Å². The van der Waals surface area contributed by atoms with Crippen LogP contribution in [0.1, 0.15) is 44.9 Å². The molecule has 0 amide bonds. The van der Waals surface area contributed by atoms with E-state index in [1.165, 1.54) is 51.5 Å². The van der Waals surface area contributed by atoms with Crippen LogP contribution >= 0.6 is 0 Å². The second kappa shape index (κ2) is 5.13. The molecule has 2 heteroatoms. The van der Waals surface area contributed by atoms with E-state index in [-0.39, 0.29) is 0 Å². The fourth-order valence-corrected chi connectivity index (χ4v) is 2.64. The Labute approximate surface area is 87.6 Å². The highest BCUT2D eigenvalue weighted by Crippen LogP contribution is 2.32. The van der Waals surface area contributed by atoms with E-state index in [1.54, 1.807) is 0 Å². The fraction of sp³-hybridized carbons (Fsp3) is 1.00. The Morgan fingerprint density at radius 1 is 1.07 bits per heavy atom. The summed E-state index contributed by atoms with van der Waals surface area (Å²) in [5, 5.41) is 3.71. The van der Waals surface area contributed by atoms with Gasteiger partial charge in [0.1, 0.15) is 0 Å². The van der Waals surface area contributed by atoms with E-state index in [4.69, 9.17) is 5.73 Å². The number of hydrogen-bond donors (Lipinski definition) is 2. The predicted octanol–water partition coefficient (Wildman–Crippen LogP) is 1.89. The van der Waals surface area contributed by atoms with Gasteiger partial charge in [-0.1, -0.05) is 25.7 Å². The summed E-state index contributed by atoms with van der Waals surface area (Å²) < 4.78 is 0. The first-order chi connectivity index (χ1) is 6.90. The van der Waals surface area contributed by atoms with Crippen molar-refractivity contribution in [3.05, 3.63) is 0 Å². The Kier molecular flexibility index (Phi) is 3.82. The molecule has 0 aromatic carbocycles. The molecule has 2 saturated carbocycles. The largest absolute Gasteiger partial charge is 0.330 e. The second-order valence-electron chi connectivity index (χ2n) is 5.07. The molecular weight excluding hydrogens is 172 g/mol. The summed E-state index contributed by atoms with van der Waals surface area (Å²) in [6, 6.07) is 0.729. The first-order valence-corrected chi connectivity index (χ1v) is 6.33. The van der Waals surface area contributed by atoms with Gasteiger partial charge in [0.25, 0.3) is 0 Å². The van der Waals surface area contributed by atoms with E-state index in [0.29, 0.717) is 0 Å². The summed E-state index contributed by atoms with van der Waals surface area (Å²) in [5.41, 5.74) is 5.80. The molecule has 0 saturated heterocycles. The van der Waals surface area contributed by atoms with Gasteiger partial charge in [-0.05, 0) is 44.2 Å². The lowest BCUT2D eigenvalue weighted by Crippen LogP contribution is -2.42. The summed E-state index contributed by atoms with van der Waals surface area (Å²) in [7, 11) is 0. The lowest BCUT2D eigenvalue weighted by Gasteiger charge is -2.31. The van der Waals surface area contributed by atoms with Crippen LogP contribution in [0.5, 0.6) is 0 Å². The fourth-order valence-electron chi connectivity index (χ4n) is 2.64. The van der Waals surface area contributed by atoms with Crippen molar-refractivity contribution in [3.8, 4) is 0 Å². The van der Waals surface area contributed by atoms with Crippen LogP contribution in [0.2, 0.25) is 0 Å². The van der Waals surface area contributed by atoms with Gasteiger partial charge in [0, 0.05) is 6.04 Å². The van der Waals surface area contributed by atoms with Crippen molar-refractivity contribution in [2.45, 2.75) is 51.0 Å². The van der Waals surface area contributed by atoms with Gasteiger partial charge < -0.3 is 11.1 Å². The first kappa shape index (κ1) is 10.4. The average molecular weight is 196 g/mol. The van der Waals surface area contributed by atoms with Gasteiger partial charge in [-0.3, -0.25) is 0 Å². The molecule has 2 aliphatic carbocycles. The van der Waals surface area contributed by atoms with Crippen molar-refractivity contribution in [3.63, 3.8) is 0 Å². The molecular formula is C12H24N2. The van der Waals surface area contributed by atoms with Gasteiger partial charge in [-0.15, -0.1) is 0 Å². The molecule has 2 unspecified atom stereocenters. The van der Waals surface area contributed by atoms with Gasteiger partial charge in [0.15, 0.2) is 0 Å². The highest BCUT2D eigenvalue weighted by molar-refractivity contribution is 4.82. The van der Waals surface area contributed by atoms with Crippen molar-refractivity contribution in [2.24, 2.45) is 17.6 Å². The molecule has 0 heterocycles. The zero-order valence-corrected chi connectivity index (χ0v) is 9.17. The summed E-state index contributed by atoms with van der Waals surface area (Å²) in [6.45, 7) is 2.10. The van der Waals surface area contributed by atoms with Crippen molar-refractivity contribution < 1.29 is 0 Å². The van der Waals surface area contributed by atoms with Gasteiger partial charge in [-0.2, -0.15) is 0 Å². The summed E-state index contributed by atoms with van der Waals surface area (Å²) in [6.07, 6.45) is 9.84. The van der Waals surface area contributed by atoms with Gasteiger partial charge in [0.05, 0.1) is 0 Å². The molecule has 2 aliphatic rings. The average Bonchev–Trinajstić information content (AvgIpc) is 3.03. The molecule has 2 atom stereocenters. The predicted molar refractivity (Wildman–Crippen MR) is 60.1 cm³/mol. The molecule has 3 N–H and O–H groups in total. The second-order valence-corrected chi connectivity index (χ2v) is 5.07. The Hall–Kier alpha value is -0.0800. The van der Waals surface area contributed by atoms with Crippen LogP contribution in [0, 0.1) is 11.8 Å². The summed E-state index contributed by atoms with van der Waals surface area (Å²) in [5.74, 6) is 1.81. The molecule has 14 heavy (non-hydrogen) atoms. The summed E-state index contributed by atoms with van der Waals surface area (Å²) >= 11 is 0. The maximum Gasteiger partial charge on any atom is 0.0107 e. The minimum absolute atomic E-state index is 0.729. The Bertz CT molecular complexity index is 166. The van der Waals surface area contributed by atoms with E-state index < -0.39 is 0 Å². The third kappa shape index (κ3) is 2.96. The minimum Gasteiger partial charge on any atom is -0.330 e. The highest BCUT2D eigenvalue weighted by atomic mass is 14.9. The van der Waals surface area contributed by atoms with Crippen LogP contribution in [0.4, 0.5) is 0 Å². The number of rotatable bonds is 5. The maximum absolute atomic E-state index is 5.80. The minimum atomic E-state index is 0.729. The van der Waals surface area contributed by atoms with E-state index in [0.717, 1.165) is 24.4 Å². The van der Waals surface area contributed by atoms with Crippen LogP contribution in [-0.4, -0.2) is 19.1 Å². The monoisotopic (exact) mass is 196 g/mol. The van der Waals surface area contributed by atoms with Crippen LogP contribution in [0.15, 0.2) is 0 Å². The van der Waals surface area contributed by atoms with E-state index in [9.17, 15) is 0 Å². The van der Waals surface area contributed by atoms with Crippen LogP contribution in [0.3, 0.4) is 0 Å². The molecule has 82 valence electrons. The smallest absolute Gasteiger partial charge is 0.0107 e. The van der Waals surface area contributed by atoms with Gasteiger partial charge >= 0.3 is 0 Å². The third-order valence-corrected chi connectivity index (χ3v) is 3.87. The number of nitrogens with two attached hydrogens (primary N) is 1. The molecule has 2 fully saturated rings. The topological polar surface area (TPSA) is 38.0 Å². The van der Waals surface area contributed by atoms with Crippen molar-refractivity contribution in [2.75, 3.05) is 13.1 Å². The lowest BCUT2D eigenvalue weighted by molar-refractivity contribution is 0.267. The number of nitrogens with one attached hydrogen (secondary N) is 1. The van der Waals surface area contributed by atoms with E-state index >= 15 is 0 Å². The van der Waals surface area contributed by atoms with Crippen molar-refractivity contribution in [1.29, 1.82) is 0 Å². The van der Waals surface area contributed by atoms with Crippen molar-refractivity contribution in [1.82, 2.24) is 5.32 Å². The molecule has 0 radical (unpaired) electrons. The van der Waals surface area contributed by atoms with Crippen molar-refractivity contribution >= 4 is 0 Å². The Morgan fingerprint density at radius 3 is 2.57 bits per heavy atom. The van der Waals surface area contributed by atoms with E-state index in [2.05, 4.69) is 5.32 Å². The Morgan fingerprint density at radius 2 is 1.86 bits per heavy atom. The molecule has 0 spiro atoms. The zero-order valence-electron chi connectivity index (χ0n) is 9.17. The first-order valence-electron chi connectivity index (χ1n) is 6.33. The lowest BCUT2D eigenvalue weighted by atomic mass is 9.84. The van der Waals surface area contributed by atoms with Crippen LogP contribution in [-0.2, 0) is 0 Å². The SMILES string of the molecule is NCC1CCCCC1NCCC1CC1. The van der Waals surface area contributed by atoms with Crippen LogP contribution in [0.25, 0.3) is 0 Å². The molecule has 0 aliphatic heterocycles. The van der Waals surface area contributed by atoms with Gasteiger partial charge in [-0.25, -0.2) is 0 Å². The third-order valence-electron chi connectivity index (χ3n) is 3.87. The molecule has 0 aromatic heterocycles. The Balaban J connectivity index is 1.64. The zero-order chi connectivity index (χ0) is 9.80. The van der Waals surface area contributed by atoms with E-state index in [1.807, 2.05) is 0 Å². The van der Waals surface area contributed by atoms with Crippen LogP contribution < -0.4 is 11.1 Å². The molecule has 2 rings (SSSR count). The normalized spacial score (nSPS) is 33.2. The number of hydrogen-bond acceptors (Lipinski definition) is 2. The molecule has 0 aromatic rings. The maximum atomic E-state index is 5.80. The standard InChI is InChI=1S/C12H24N2/c13-9-11-3-1-2-4-12(11)14-8-7-10-5-6-10/h10-12,14H,1-9,13H2.